The first kappa shape index (κ1) is 12.3. The summed E-state index contributed by atoms with van der Waals surface area (Å²) in [6.45, 7) is 0.404. The van der Waals surface area contributed by atoms with E-state index < -0.39 is 23.1 Å². The van der Waals surface area contributed by atoms with Gasteiger partial charge in [-0.1, -0.05) is 0 Å². The molecular weight excluding hydrogens is 240 g/mol. The minimum absolute atomic E-state index is 0.0578. The van der Waals surface area contributed by atoms with Gasteiger partial charge in [0.05, 0.1) is 23.4 Å². The van der Waals surface area contributed by atoms with Crippen LogP contribution in [0.4, 0.5) is 17.6 Å². The number of nitrogens with zero attached hydrogens (tertiary/aromatic N) is 1. The van der Waals surface area contributed by atoms with E-state index in [9.17, 15) is 17.6 Å². The molecule has 0 amide bonds. The fourth-order valence-corrected chi connectivity index (χ4v) is 1.73. The Morgan fingerprint density at radius 1 is 1.41 bits per heavy atom. The van der Waals surface area contributed by atoms with E-state index in [2.05, 4.69) is 4.98 Å². The summed E-state index contributed by atoms with van der Waals surface area (Å²) in [5, 5.41) is 0. The average Bonchev–Trinajstić information content (AvgIpc) is 2.64. The summed E-state index contributed by atoms with van der Waals surface area (Å²) in [6, 6.07) is 0.412. The second-order valence-electron chi connectivity index (χ2n) is 4.01. The lowest BCUT2D eigenvalue weighted by atomic mass is 9.94. The van der Waals surface area contributed by atoms with Gasteiger partial charge in [-0.3, -0.25) is 4.98 Å². The molecule has 1 aliphatic heterocycles. The molecule has 1 aromatic heterocycles. The lowest BCUT2D eigenvalue weighted by Gasteiger charge is -2.22. The number of alkyl halides is 3. The molecule has 1 unspecified atom stereocenters. The zero-order valence-corrected chi connectivity index (χ0v) is 8.72. The van der Waals surface area contributed by atoms with Crippen molar-refractivity contribution in [2.75, 3.05) is 13.2 Å². The molecule has 2 heterocycles. The molecule has 0 bridgehead atoms. The Kier molecular flexibility index (Phi) is 2.82. The number of hydrogen-bond donors (Lipinski definition) is 1. The van der Waals surface area contributed by atoms with Crippen molar-refractivity contribution in [2.45, 2.75) is 18.1 Å². The molecule has 7 heteroatoms. The van der Waals surface area contributed by atoms with Crippen molar-refractivity contribution < 1.29 is 22.3 Å². The molecule has 94 valence electrons. The van der Waals surface area contributed by atoms with Gasteiger partial charge in [0.1, 0.15) is 5.82 Å². The third-order valence-corrected chi connectivity index (χ3v) is 2.69. The molecule has 17 heavy (non-hydrogen) atoms. The van der Waals surface area contributed by atoms with Crippen molar-refractivity contribution >= 4 is 0 Å². The minimum Gasteiger partial charge on any atom is -0.379 e. The highest BCUT2D eigenvalue weighted by atomic mass is 19.4. The van der Waals surface area contributed by atoms with Crippen molar-refractivity contribution in [3.63, 3.8) is 0 Å². The first-order chi connectivity index (χ1) is 7.83. The molecule has 0 saturated carbocycles. The van der Waals surface area contributed by atoms with E-state index in [0.717, 1.165) is 0 Å². The average molecular weight is 250 g/mol. The quantitative estimate of drug-likeness (QED) is 0.773. The zero-order chi connectivity index (χ0) is 12.7. The molecular formula is C10H10F4N2O. The van der Waals surface area contributed by atoms with E-state index >= 15 is 0 Å². The van der Waals surface area contributed by atoms with Crippen LogP contribution in [0.3, 0.4) is 0 Å². The van der Waals surface area contributed by atoms with E-state index in [4.69, 9.17) is 10.5 Å². The Morgan fingerprint density at radius 3 is 2.59 bits per heavy atom. The van der Waals surface area contributed by atoms with E-state index in [-0.39, 0.29) is 12.3 Å². The lowest BCUT2D eigenvalue weighted by molar-refractivity contribution is -0.138. The maximum Gasteiger partial charge on any atom is 0.417 e. The highest BCUT2D eigenvalue weighted by Crippen LogP contribution is 2.33. The van der Waals surface area contributed by atoms with Gasteiger partial charge in [0, 0.05) is 12.8 Å². The smallest absolute Gasteiger partial charge is 0.379 e. The monoisotopic (exact) mass is 250 g/mol. The third-order valence-electron chi connectivity index (χ3n) is 2.69. The standard InChI is InChI=1S/C10H10F4N2O/c11-7-3-6(10(12,13)14)4-16-8(7)9(15)1-2-17-5-9/h3-4H,1-2,5,15H2. The van der Waals surface area contributed by atoms with Crippen LogP contribution in [0.15, 0.2) is 12.3 Å². The van der Waals surface area contributed by atoms with Crippen LogP contribution in [-0.4, -0.2) is 18.2 Å². The summed E-state index contributed by atoms with van der Waals surface area (Å²) in [5.41, 5.74) is 3.40. The number of nitrogens with two attached hydrogens (primary N) is 1. The van der Waals surface area contributed by atoms with E-state index in [1.165, 1.54) is 0 Å². The number of halogens is 4. The van der Waals surface area contributed by atoms with Gasteiger partial charge >= 0.3 is 6.18 Å². The molecule has 3 nitrogen and oxygen atoms in total. The molecule has 1 atom stereocenters. The minimum atomic E-state index is -4.61. The Labute approximate surface area is 94.6 Å². The number of pyridine rings is 1. The number of ether oxygens (including phenoxy) is 1. The first-order valence-corrected chi connectivity index (χ1v) is 4.93. The van der Waals surface area contributed by atoms with Crippen LogP contribution < -0.4 is 5.73 Å². The second kappa shape index (κ2) is 3.92. The van der Waals surface area contributed by atoms with Crippen molar-refractivity contribution in [2.24, 2.45) is 5.73 Å². The molecule has 0 spiro atoms. The van der Waals surface area contributed by atoms with Crippen LogP contribution in [-0.2, 0) is 16.5 Å². The van der Waals surface area contributed by atoms with Gasteiger partial charge < -0.3 is 10.5 Å². The predicted molar refractivity (Wildman–Crippen MR) is 50.5 cm³/mol. The number of aromatic nitrogens is 1. The Hall–Kier alpha value is -1.21. The van der Waals surface area contributed by atoms with Crippen LogP contribution in [0.5, 0.6) is 0 Å². The molecule has 0 aromatic carbocycles. The molecule has 2 rings (SSSR count). The maximum absolute atomic E-state index is 13.6. The predicted octanol–water partition coefficient (Wildman–Crippen LogP) is 1.81. The SMILES string of the molecule is NC1(c2ncc(C(F)(F)F)cc2F)CCOC1. The summed E-state index contributed by atoms with van der Waals surface area (Å²) in [4.78, 5) is 3.50. The Morgan fingerprint density at radius 2 is 2.12 bits per heavy atom. The molecule has 2 N–H and O–H groups in total. The number of rotatable bonds is 1. The zero-order valence-electron chi connectivity index (χ0n) is 8.72. The van der Waals surface area contributed by atoms with Crippen LogP contribution in [0.1, 0.15) is 17.7 Å². The highest BCUT2D eigenvalue weighted by molar-refractivity contribution is 5.24. The summed E-state index contributed by atoms with van der Waals surface area (Å²) in [5.74, 6) is -1.05. The fourth-order valence-electron chi connectivity index (χ4n) is 1.73. The van der Waals surface area contributed by atoms with Crippen molar-refractivity contribution in [1.29, 1.82) is 0 Å². The molecule has 1 saturated heterocycles. The molecule has 1 aliphatic rings. The summed E-state index contributed by atoms with van der Waals surface area (Å²) in [7, 11) is 0. The van der Waals surface area contributed by atoms with Crippen molar-refractivity contribution in [1.82, 2.24) is 4.98 Å². The van der Waals surface area contributed by atoms with Crippen molar-refractivity contribution in [3.8, 4) is 0 Å². The lowest BCUT2D eigenvalue weighted by Crippen LogP contribution is -2.39. The van der Waals surface area contributed by atoms with Gasteiger partial charge in [0.15, 0.2) is 0 Å². The van der Waals surface area contributed by atoms with Gasteiger partial charge in [0.2, 0.25) is 0 Å². The van der Waals surface area contributed by atoms with E-state index in [1.807, 2.05) is 0 Å². The topological polar surface area (TPSA) is 48.1 Å². The van der Waals surface area contributed by atoms with Crippen LogP contribution in [0, 0.1) is 5.82 Å². The Bertz CT molecular complexity index is 427. The van der Waals surface area contributed by atoms with Gasteiger partial charge in [-0.2, -0.15) is 13.2 Å². The van der Waals surface area contributed by atoms with E-state index in [0.29, 0.717) is 25.3 Å². The fraction of sp³-hybridized carbons (Fsp3) is 0.500. The Balaban J connectivity index is 2.38. The highest BCUT2D eigenvalue weighted by Gasteiger charge is 2.38. The molecule has 1 aromatic rings. The second-order valence-corrected chi connectivity index (χ2v) is 4.01. The van der Waals surface area contributed by atoms with Gasteiger partial charge in [0.25, 0.3) is 0 Å². The van der Waals surface area contributed by atoms with Crippen LogP contribution >= 0.6 is 0 Å². The van der Waals surface area contributed by atoms with E-state index in [1.54, 1.807) is 0 Å². The third kappa shape index (κ3) is 2.25. The molecule has 0 radical (unpaired) electrons. The molecule has 0 aliphatic carbocycles. The van der Waals surface area contributed by atoms with Gasteiger partial charge in [-0.05, 0) is 12.5 Å². The maximum atomic E-state index is 13.6. The van der Waals surface area contributed by atoms with Crippen LogP contribution in [0.25, 0.3) is 0 Å². The molecule has 1 fully saturated rings. The van der Waals surface area contributed by atoms with Gasteiger partial charge in [-0.15, -0.1) is 0 Å². The van der Waals surface area contributed by atoms with Crippen LogP contribution in [0.2, 0.25) is 0 Å². The summed E-state index contributed by atoms with van der Waals surface area (Å²) >= 11 is 0. The van der Waals surface area contributed by atoms with Gasteiger partial charge in [-0.25, -0.2) is 4.39 Å². The number of hydrogen-bond acceptors (Lipinski definition) is 3. The summed E-state index contributed by atoms with van der Waals surface area (Å²) < 4.78 is 55.5. The first-order valence-electron chi connectivity index (χ1n) is 4.93. The largest absolute Gasteiger partial charge is 0.417 e. The summed E-state index contributed by atoms with van der Waals surface area (Å²) in [6.07, 6.45) is -3.69. The van der Waals surface area contributed by atoms with Crippen molar-refractivity contribution in [3.05, 3.63) is 29.3 Å². The normalized spacial score (nSPS) is 25.2.